The zero-order valence-electron chi connectivity index (χ0n) is 17.3. The van der Waals surface area contributed by atoms with E-state index in [0.717, 1.165) is 32.8 Å². The Kier molecular flexibility index (Phi) is 4.85. The van der Waals surface area contributed by atoms with Crippen molar-refractivity contribution < 1.29 is 14.4 Å². The smallest absolute Gasteiger partial charge is 0.263 e. The zero-order valence-corrected chi connectivity index (χ0v) is 17.3. The first-order chi connectivity index (χ1) is 14.3. The molecule has 2 aliphatic heterocycles. The second-order valence-corrected chi connectivity index (χ2v) is 7.86. The summed E-state index contributed by atoms with van der Waals surface area (Å²) < 4.78 is 0. The summed E-state index contributed by atoms with van der Waals surface area (Å²) in [7, 11) is 0. The van der Waals surface area contributed by atoms with Crippen molar-refractivity contribution >= 4 is 29.1 Å². The number of carbonyl (C=O) groups excluding carboxylic acids is 3. The van der Waals surface area contributed by atoms with Crippen molar-refractivity contribution in [1.82, 2.24) is 5.01 Å². The van der Waals surface area contributed by atoms with Crippen LogP contribution in [-0.4, -0.2) is 41.4 Å². The lowest BCUT2D eigenvalue weighted by Gasteiger charge is -2.21. The van der Waals surface area contributed by atoms with E-state index < -0.39 is 23.9 Å². The molecule has 2 aromatic rings. The number of hydrogen-bond donors (Lipinski definition) is 1. The van der Waals surface area contributed by atoms with Crippen LogP contribution in [0.15, 0.2) is 46.7 Å². The number of benzene rings is 2. The Morgan fingerprint density at radius 3 is 2.23 bits per heavy atom. The van der Waals surface area contributed by atoms with Crippen molar-refractivity contribution in [2.75, 3.05) is 16.8 Å². The third-order valence-corrected chi connectivity index (χ3v) is 5.40. The standard InChI is InChI=1S/C22H23N5O3/c1-12-5-7-16(8-6-12)27-21(29)19-20(22(27)30)26(25-24-19)11-17(28)23-18-14(3)9-13(2)10-15(18)4/h5-10,19-20H,11H2,1-4H3,(H,23,28)/t19-,20+/m1/s1. The summed E-state index contributed by atoms with van der Waals surface area (Å²) in [4.78, 5) is 39.5. The minimum absolute atomic E-state index is 0.168. The highest BCUT2D eigenvalue weighted by Gasteiger charge is 2.55. The van der Waals surface area contributed by atoms with Crippen LogP contribution in [0.5, 0.6) is 0 Å². The van der Waals surface area contributed by atoms with Gasteiger partial charge in [0.25, 0.3) is 11.8 Å². The third-order valence-electron chi connectivity index (χ3n) is 5.40. The largest absolute Gasteiger partial charge is 0.324 e. The summed E-state index contributed by atoms with van der Waals surface area (Å²) in [5.74, 6) is -1.17. The van der Waals surface area contributed by atoms with Gasteiger partial charge in [0, 0.05) is 5.69 Å². The maximum absolute atomic E-state index is 13.0. The van der Waals surface area contributed by atoms with Crippen molar-refractivity contribution in [2.24, 2.45) is 10.3 Å². The first kappa shape index (κ1) is 19.8. The van der Waals surface area contributed by atoms with E-state index in [1.165, 1.54) is 5.01 Å². The van der Waals surface area contributed by atoms with Crippen LogP contribution in [0, 0.1) is 27.7 Å². The van der Waals surface area contributed by atoms with Crippen LogP contribution in [-0.2, 0) is 14.4 Å². The van der Waals surface area contributed by atoms with Gasteiger partial charge in [-0.05, 0) is 51.0 Å². The van der Waals surface area contributed by atoms with Crippen molar-refractivity contribution in [1.29, 1.82) is 0 Å². The molecular formula is C22H23N5O3. The number of carbonyl (C=O) groups is 3. The van der Waals surface area contributed by atoms with Gasteiger partial charge in [-0.2, -0.15) is 5.11 Å². The molecule has 3 amide bonds. The van der Waals surface area contributed by atoms with Crippen LogP contribution in [0.25, 0.3) is 0 Å². The molecule has 8 heteroatoms. The van der Waals surface area contributed by atoms with Crippen molar-refractivity contribution in [2.45, 2.75) is 39.8 Å². The molecule has 1 saturated heterocycles. The van der Waals surface area contributed by atoms with Gasteiger partial charge in [-0.15, -0.1) is 0 Å². The highest BCUT2D eigenvalue weighted by Crippen LogP contribution is 2.32. The number of nitrogens with one attached hydrogen (secondary N) is 1. The molecule has 0 aliphatic carbocycles. The minimum atomic E-state index is -0.922. The Morgan fingerprint density at radius 1 is 0.967 bits per heavy atom. The number of rotatable bonds is 4. The number of hydrogen-bond acceptors (Lipinski definition) is 6. The SMILES string of the molecule is Cc1ccc(N2C(=O)[C@@H]3[C@@H](N=NN3CC(=O)Nc3c(C)cc(C)cc3C)C2=O)cc1. The Hall–Kier alpha value is -3.55. The van der Waals surface area contributed by atoms with E-state index in [4.69, 9.17) is 0 Å². The number of fused-ring (bicyclic) bond motifs is 1. The second-order valence-electron chi connectivity index (χ2n) is 7.86. The zero-order chi connectivity index (χ0) is 21.6. The molecule has 1 N–H and O–H groups in total. The van der Waals surface area contributed by atoms with Gasteiger partial charge < -0.3 is 5.32 Å². The molecule has 8 nitrogen and oxygen atoms in total. The fourth-order valence-corrected chi connectivity index (χ4v) is 4.01. The number of aryl methyl sites for hydroxylation is 4. The van der Waals surface area contributed by atoms with Crippen LogP contribution in [0.3, 0.4) is 0 Å². The van der Waals surface area contributed by atoms with Crippen LogP contribution in [0.2, 0.25) is 0 Å². The highest BCUT2D eigenvalue weighted by molar-refractivity contribution is 6.25. The molecule has 0 unspecified atom stereocenters. The first-order valence-corrected chi connectivity index (χ1v) is 9.76. The predicted octanol–water partition coefficient (Wildman–Crippen LogP) is 2.85. The summed E-state index contributed by atoms with van der Waals surface area (Å²) in [6.45, 7) is 7.62. The van der Waals surface area contributed by atoms with E-state index >= 15 is 0 Å². The van der Waals surface area contributed by atoms with Gasteiger partial charge in [0.05, 0.1) is 5.69 Å². The normalized spacial score (nSPS) is 20.1. The third kappa shape index (κ3) is 3.34. The molecule has 1 fully saturated rings. The van der Waals surface area contributed by atoms with Crippen molar-refractivity contribution in [3.63, 3.8) is 0 Å². The molecule has 0 bridgehead atoms. The first-order valence-electron chi connectivity index (χ1n) is 9.76. The van der Waals surface area contributed by atoms with Gasteiger partial charge in [-0.3, -0.25) is 19.4 Å². The van der Waals surface area contributed by atoms with Crippen molar-refractivity contribution in [3.05, 3.63) is 58.7 Å². The summed E-state index contributed by atoms with van der Waals surface area (Å²) in [6, 6.07) is 9.29. The Labute approximate surface area is 174 Å². The van der Waals surface area contributed by atoms with Crippen LogP contribution in [0.1, 0.15) is 22.3 Å². The fraction of sp³-hybridized carbons (Fsp3) is 0.318. The van der Waals surface area contributed by atoms with E-state index in [0.29, 0.717) is 5.69 Å². The molecular weight excluding hydrogens is 382 g/mol. The van der Waals surface area contributed by atoms with E-state index in [9.17, 15) is 14.4 Å². The lowest BCUT2D eigenvalue weighted by atomic mass is 10.1. The van der Waals surface area contributed by atoms with Gasteiger partial charge in [0.2, 0.25) is 5.91 Å². The Morgan fingerprint density at radius 2 is 1.60 bits per heavy atom. The quantitative estimate of drug-likeness (QED) is 0.792. The number of imide groups is 1. The highest BCUT2D eigenvalue weighted by atomic mass is 16.2. The van der Waals surface area contributed by atoms with Gasteiger partial charge >= 0.3 is 0 Å². The number of nitrogens with zero attached hydrogens (tertiary/aromatic N) is 4. The van der Waals surface area contributed by atoms with Gasteiger partial charge in [0.15, 0.2) is 12.1 Å². The van der Waals surface area contributed by atoms with E-state index in [2.05, 4.69) is 15.7 Å². The predicted molar refractivity (Wildman–Crippen MR) is 112 cm³/mol. The molecule has 2 heterocycles. The molecule has 30 heavy (non-hydrogen) atoms. The maximum Gasteiger partial charge on any atom is 0.263 e. The van der Waals surface area contributed by atoms with Crippen molar-refractivity contribution in [3.8, 4) is 0 Å². The van der Waals surface area contributed by atoms with Crippen LogP contribution >= 0.6 is 0 Å². The number of anilines is 2. The molecule has 0 saturated carbocycles. The van der Waals surface area contributed by atoms with Gasteiger partial charge in [-0.1, -0.05) is 40.6 Å². The lowest BCUT2D eigenvalue weighted by Crippen LogP contribution is -2.43. The van der Waals surface area contributed by atoms with E-state index in [1.54, 1.807) is 12.1 Å². The summed E-state index contributed by atoms with van der Waals surface area (Å²) >= 11 is 0. The van der Waals surface area contributed by atoms with Crippen LogP contribution in [0.4, 0.5) is 11.4 Å². The molecule has 2 aliphatic rings. The average Bonchev–Trinajstić information content (AvgIpc) is 3.19. The van der Waals surface area contributed by atoms with E-state index in [1.807, 2.05) is 52.0 Å². The van der Waals surface area contributed by atoms with Gasteiger partial charge in [0.1, 0.15) is 6.54 Å². The van der Waals surface area contributed by atoms with E-state index in [-0.39, 0.29) is 12.5 Å². The summed E-state index contributed by atoms with van der Waals surface area (Å²) in [6.07, 6.45) is 0. The molecule has 0 radical (unpaired) electrons. The minimum Gasteiger partial charge on any atom is -0.324 e. The molecule has 154 valence electrons. The Bertz CT molecular complexity index is 1050. The monoisotopic (exact) mass is 405 g/mol. The molecule has 2 atom stereocenters. The topological polar surface area (TPSA) is 94.4 Å². The second kappa shape index (κ2) is 7.37. The van der Waals surface area contributed by atoms with Crippen LogP contribution < -0.4 is 10.2 Å². The molecule has 4 rings (SSSR count). The number of amides is 3. The average molecular weight is 405 g/mol. The molecule has 0 spiro atoms. The summed E-state index contributed by atoms with van der Waals surface area (Å²) in [5.41, 5.74) is 5.30. The molecule has 0 aromatic heterocycles. The fourth-order valence-electron chi connectivity index (χ4n) is 4.01. The summed E-state index contributed by atoms with van der Waals surface area (Å²) in [5, 5.41) is 12.1. The lowest BCUT2D eigenvalue weighted by molar-refractivity contribution is -0.123. The van der Waals surface area contributed by atoms with Gasteiger partial charge in [-0.25, -0.2) is 4.90 Å². The Balaban J connectivity index is 1.50. The maximum atomic E-state index is 13.0. The molecule has 2 aromatic carbocycles.